The molecular weight excluding hydrogens is 385 g/mol. The van der Waals surface area contributed by atoms with Gasteiger partial charge in [0.1, 0.15) is 5.82 Å². The highest BCUT2D eigenvalue weighted by Gasteiger charge is 2.32. The van der Waals surface area contributed by atoms with Gasteiger partial charge in [0.25, 0.3) is 5.91 Å². The number of carbonyl (C=O) groups is 1. The molecule has 3 heterocycles. The number of piperidine rings is 1. The molecule has 4 rings (SSSR count). The van der Waals surface area contributed by atoms with Crippen LogP contribution in [-0.2, 0) is 7.05 Å². The lowest BCUT2D eigenvalue weighted by Crippen LogP contribution is -2.39. The SMILES string of the molecule is Cn1cc(C(=O)N2CCCC[C@H]2c2nc(N)ncc2-c2ccc(F)cc2)ccc1=O. The highest BCUT2D eigenvalue weighted by molar-refractivity contribution is 5.94. The number of nitrogens with zero attached hydrogens (tertiary/aromatic N) is 4. The third-order valence-electron chi connectivity index (χ3n) is 5.40. The van der Waals surface area contributed by atoms with Gasteiger partial charge in [0.05, 0.1) is 17.3 Å². The minimum absolute atomic E-state index is 0.121. The number of nitrogen functional groups attached to an aromatic ring is 1. The summed E-state index contributed by atoms with van der Waals surface area (Å²) in [6.45, 7) is 0.569. The number of anilines is 1. The van der Waals surface area contributed by atoms with Crippen molar-refractivity contribution in [1.29, 1.82) is 0 Å². The largest absolute Gasteiger partial charge is 0.368 e. The monoisotopic (exact) mass is 407 g/mol. The second-order valence-corrected chi connectivity index (χ2v) is 7.41. The lowest BCUT2D eigenvalue weighted by Gasteiger charge is -2.36. The lowest BCUT2D eigenvalue weighted by atomic mass is 9.93. The number of amides is 1. The van der Waals surface area contributed by atoms with Gasteiger partial charge >= 0.3 is 0 Å². The molecule has 0 saturated carbocycles. The zero-order valence-electron chi connectivity index (χ0n) is 16.6. The van der Waals surface area contributed by atoms with Crippen LogP contribution in [0.15, 0.2) is 53.6 Å². The fraction of sp³-hybridized carbons (Fsp3) is 0.273. The summed E-state index contributed by atoms with van der Waals surface area (Å²) in [6.07, 6.45) is 5.71. The molecule has 0 bridgehead atoms. The van der Waals surface area contributed by atoms with Crippen molar-refractivity contribution in [3.63, 3.8) is 0 Å². The number of halogens is 1. The van der Waals surface area contributed by atoms with Crippen molar-refractivity contribution >= 4 is 11.9 Å². The second kappa shape index (κ2) is 8.06. The first kappa shape index (κ1) is 19.8. The number of likely N-dealkylation sites (tertiary alicyclic amines) is 1. The van der Waals surface area contributed by atoms with Crippen LogP contribution in [0.1, 0.15) is 41.4 Å². The van der Waals surface area contributed by atoms with E-state index in [0.29, 0.717) is 17.8 Å². The summed E-state index contributed by atoms with van der Waals surface area (Å²) in [5, 5.41) is 0. The summed E-state index contributed by atoms with van der Waals surface area (Å²) in [5.74, 6) is -0.380. The summed E-state index contributed by atoms with van der Waals surface area (Å²) in [7, 11) is 1.62. The minimum atomic E-state index is -0.333. The lowest BCUT2D eigenvalue weighted by molar-refractivity contribution is 0.0606. The number of aromatic nitrogens is 3. The molecule has 2 N–H and O–H groups in total. The van der Waals surface area contributed by atoms with E-state index < -0.39 is 0 Å². The smallest absolute Gasteiger partial charge is 0.255 e. The van der Waals surface area contributed by atoms with Gasteiger partial charge in [-0.25, -0.2) is 14.4 Å². The van der Waals surface area contributed by atoms with Crippen molar-refractivity contribution < 1.29 is 9.18 Å². The van der Waals surface area contributed by atoms with Gasteiger partial charge in [-0.2, -0.15) is 0 Å². The number of carbonyl (C=O) groups excluding carboxylic acids is 1. The number of benzene rings is 1. The number of aryl methyl sites for hydroxylation is 1. The van der Waals surface area contributed by atoms with Crippen molar-refractivity contribution in [3.05, 3.63) is 76.2 Å². The molecule has 7 nitrogen and oxygen atoms in total. The average Bonchev–Trinajstić information content (AvgIpc) is 2.76. The van der Waals surface area contributed by atoms with Crippen LogP contribution >= 0.6 is 0 Å². The van der Waals surface area contributed by atoms with Gasteiger partial charge in [0.15, 0.2) is 0 Å². The molecule has 1 fully saturated rings. The third-order valence-corrected chi connectivity index (χ3v) is 5.40. The maximum Gasteiger partial charge on any atom is 0.255 e. The normalized spacial score (nSPS) is 16.5. The van der Waals surface area contributed by atoms with Crippen molar-refractivity contribution in [3.8, 4) is 11.1 Å². The number of nitrogens with two attached hydrogens (primary N) is 1. The molecule has 1 atom stereocenters. The molecule has 1 amide bonds. The predicted molar refractivity (Wildman–Crippen MR) is 111 cm³/mol. The molecule has 0 spiro atoms. The van der Waals surface area contributed by atoms with E-state index in [1.54, 1.807) is 42.5 Å². The molecule has 1 aliphatic heterocycles. The number of rotatable bonds is 3. The zero-order valence-corrected chi connectivity index (χ0v) is 16.6. The Hall–Kier alpha value is -3.55. The van der Waals surface area contributed by atoms with Crippen molar-refractivity contribution in [1.82, 2.24) is 19.4 Å². The van der Waals surface area contributed by atoms with Gasteiger partial charge in [-0.1, -0.05) is 12.1 Å². The minimum Gasteiger partial charge on any atom is -0.368 e. The van der Waals surface area contributed by atoms with E-state index in [1.165, 1.54) is 22.8 Å². The molecule has 154 valence electrons. The van der Waals surface area contributed by atoms with Crippen molar-refractivity contribution in [2.75, 3.05) is 12.3 Å². The fourth-order valence-electron chi connectivity index (χ4n) is 3.86. The summed E-state index contributed by atoms with van der Waals surface area (Å²) in [5.41, 5.74) is 8.26. The molecule has 0 aliphatic carbocycles. The number of pyridine rings is 1. The standard InChI is InChI=1S/C22H22FN5O2/c1-27-13-15(7-10-19(27)29)21(30)28-11-3-2-4-18(28)20-17(12-25-22(24)26-20)14-5-8-16(23)9-6-14/h5-10,12-13,18H,2-4,11H2,1H3,(H2,24,25,26)/t18-/m0/s1. The van der Waals surface area contributed by atoms with Gasteiger partial charge in [-0.15, -0.1) is 0 Å². The van der Waals surface area contributed by atoms with Crippen LogP contribution in [0.2, 0.25) is 0 Å². The molecule has 1 saturated heterocycles. The summed E-state index contributed by atoms with van der Waals surface area (Å²) >= 11 is 0. The third kappa shape index (κ3) is 3.80. The van der Waals surface area contributed by atoms with Crippen LogP contribution in [0.4, 0.5) is 10.3 Å². The van der Waals surface area contributed by atoms with Gasteiger partial charge < -0.3 is 15.2 Å². The van der Waals surface area contributed by atoms with Crippen molar-refractivity contribution in [2.24, 2.45) is 7.05 Å². The number of hydrogen-bond acceptors (Lipinski definition) is 5. The Morgan fingerprint density at radius 3 is 2.67 bits per heavy atom. The first-order valence-electron chi connectivity index (χ1n) is 9.80. The Bertz CT molecular complexity index is 1140. The highest BCUT2D eigenvalue weighted by atomic mass is 19.1. The van der Waals surface area contributed by atoms with E-state index in [2.05, 4.69) is 9.97 Å². The van der Waals surface area contributed by atoms with Crippen LogP contribution in [0, 0.1) is 5.82 Å². The van der Waals surface area contributed by atoms with E-state index in [1.807, 2.05) is 0 Å². The summed E-state index contributed by atoms with van der Waals surface area (Å²) < 4.78 is 14.8. The molecule has 3 aromatic rings. The quantitative estimate of drug-likeness (QED) is 0.720. The highest BCUT2D eigenvalue weighted by Crippen LogP contribution is 2.36. The van der Waals surface area contributed by atoms with Crippen LogP contribution in [0.5, 0.6) is 0 Å². The van der Waals surface area contributed by atoms with Crippen LogP contribution in [0.3, 0.4) is 0 Å². The van der Waals surface area contributed by atoms with Crippen LogP contribution in [0.25, 0.3) is 11.1 Å². The molecule has 2 aromatic heterocycles. The van der Waals surface area contributed by atoms with E-state index in [0.717, 1.165) is 30.4 Å². The van der Waals surface area contributed by atoms with Crippen LogP contribution < -0.4 is 11.3 Å². The Balaban J connectivity index is 1.76. The Morgan fingerprint density at radius 2 is 1.93 bits per heavy atom. The maximum absolute atomic E-state index is 13.4. The first-order chi connectivity index (χ1) is 14.4. The van der Waals surface area contributed by atoms with Gasteiger partial charge in [0, 0.05) is 37.6 Å². The Kier molecular flexibility index (Phi) is 5.31. The van der Waals surface area contributed by atoms with E-state index in [9.17, 15) is 14.0 Å². The molecule has 0 radical (unpaired) electrons. The fourth-order valence-corrected chi connectivity index (χ4v) is 3.86. The van der Waals surface area contributed by atoms with Crippen molar-refractivity contribution in [2.45, 2.75) is 25.3 Å². The number of hydrogen-bond donors (Lipinski definition) is 1. The predicted octanol–water partition coefficient (Wildman–Crippen LogP) is 2.93. The average molecular weight is 407 g/mol. The van der Waals surface area contributed by atoms with Gasteiger partial charge in [0.2, 0.25) is 11.5 Å². The van der Waals surface area contributed by atoms with Gasteiger partial charge in [-0.05, 0) is 43.0 Å². The zero-order chi connectivity index (χ0) is 21.3. The summed E-state index contributed by atoms with van der Waals surface area (Å²) in [6, 6.07) is 8.72. The van der Waals surface area contributed by atoms with Crippen LogP contribution in [-0.4, -0.2) is 31.9 Å². The topological polar surface area (TPSA) is 94.1 Å². The molecule has 1 aromatic carbocycles. The van der Waals surface area contributed by atoms with E-state index in [4.69, 9.17) is 5.73 Å². The molecule has 30 heavy (non-hydrogen) atoms. The van der Waals surface area contributed by atoms with Gasteiger partial charge in [-0.3, -0.25) is 9.59 Å². The molecule has 8 heteroatoms. The second-order valence-electron chi connectivity index (χ2n) is 7.41. The Labute approximate surface area is 173 Å². The van der Waals surface area contributed by atoms with E-state index in [-0.39, 0.29) is 29.3 Å². The molecule has 1 aliphatic rings. The maximum atomic E-state index is 13.4. The Morgan fingerprint density at radius 1 is 1.17 bits per heavy atom. The molecule has 0 unspecified atom stereocenters. The van der Waals surface area contributed by atoms with E-state index >= 15 is 0 Å². The molecular formula is C22H22FN5O2. The summed E-state index contributed by atoms with van der Waals surface area (Å²) in [4.78, 5) is 35.4. The first-order valence-corrected chi connectivity index (χ1v) is 9.80.